The van der Waals surface area contributed by atoms with E-state index in [0.29, 0.717) is 12.5 Å². The summed E-state index contributed by atoms with van der Waals surface area (Å²) in [6, 6.07) is 5.87. The van der Waals surface area contributed by atoms with Crippen LogP contribution < -0.4 is 15.4 Å². The number of hydrogen-bond donors (Lipinski definition) is 3. The Balaban J connectivity index is 1.66. The highest BCUT2D eigenvalue weighted by Crippen LogP contribution is 2.28. The number of pyridine rings is 1. The first kappa shape index (κ1) is 16.3. The summed E-state index contributed by atoms with van der Waals surface area (Å²) in [6.45, 7) is 2.64. The van der Waals surface area contributed by atoms with Gasteiger partial charge in [0.15, 0.2) is 5.65 Å². The van der Waals surface area contributed by atoms with E-state index in [9.17, 15) is 5.21 Å². The van der Waals surface area contributed by atoms with E-state index in [4.69, 9.17) is 4.98 Å². The van der Waals surface area contributed by atoms with Gasteiger partial charge in [-0.3, -0.25) is 5.21 Å². The molecule has 1 saturated heterocycles. The molecule has 0 bridgehead atoms. The Kier molecular flexibility index (Phi) is 4.54. The van der Waals surface area contributed by atoms with Gasteiger partial charge in [-0.05, 0) is 47.9 Å². The molecule has 8 heteroatoms. The molecular weight excluding hydrogens is 384 g/mol. The molecule has 0 aromatic carbocycles. The summed E-state index contributed by atoms with van der Waals surface area (Å²) in [5.41, 5.74) is 2.90. The first-order chi connectivity index (χ1) is 12.2. The molecule has 4 rings (SSSR count). The summed E-state index contributed by atoms with van der Waals surface area (Å²) in [7, 11) is 0. The lowest BCUT2D eigenvalue weighted by Gasteiger charge is -2.23. The van der Waals surface area contributed by atoms with Crippen molar-refractivity contribution in [2.24, 2.45) is 0 Å². The lowest BCUT2D eigenvalue weighted by Crippen LogP contribution is -2.29. The molecule has 3 N–H and O–H groups in total. The molecule has 1 aliphatic heterocycles. The van der Waals surface area contributed by atoms with Crippen molar-refractivity contribution in [2.75, 3.05) is 18.4 Å². The lowest BCUT2D eigenvalue weighted by molar-refractivity contribution is -0.905. The summed E-state index contributed by atoms with van der Waals surface area (Å²) in [5.74, 6) is 1.36. The van der Waals surface area contributed by atoms with Crippen LogP contribution in [0.5, 0.6) is 0 Å². The molecule has 0 radical (unpaired) electrons. The van der Waals surface area contributed by atoms with E-state index in [1.54, 1.807) is 18.6 Å². The predicted molar refractivity (Wildman–Crippen MR) is 96.7 cm³/mol. The van der Waals surface area contributed by atoms with Crippen molar-refractivity contribution < 1.29 is 9.94 Å². The van der Waals surface area contributed by atoms with Gasteiger partial charge < -0.3 is 10.6 Å². The van der Waals surface area contributed by atoms with Crippen LogP contribution in [0.1, 0.15) is 30.0 Å². The van der Waals surface area contributed by atoms with E-state index >= 15 is 0 Å². The van der Waals surface area contributed by atoms with Gasteiger partial charge in [0.2, 0.25) is 12.4 Å². The van der Waals surface area contributed by atoms with Crippen LogP contribution in [0.15, 0.2) is 41.3 Å². The van der Waals surface area contributed by atoms with E-state index in [-0.39, 0.29) is 0 Å². The van der Waals surface area contributed by atoms with Crippen molar-refractivity contribution in [3.8, 4) is 0 Å². The average Bonchev–Trinajstić information content (AvgIpc) is 3.02. The average molecular weight is 404 g/mol. The third-order valence-corrected chi connectivity index (χ3v) is 5.09. The van der Waals surface area contributed by atoms with Gasteiger partial charge in [0.1, 0.15) is 5.82 Å². The van der Waals surface area contributed by atoms with Gasteiger partial charge in [0, 0.05) is 40.6 Å². The highest BCUT2D eigenvalue weighted by molar-refractivity contribution is 9.10. The van der Waals surface area contributed by atoms with Crippen LogP contribution in [0.3, 0.4) is 0 Å². The molecule has 3 aromatic heterocycles. The molecule has 0 aliphatic carbocycles. The molecule has 0 unspecified atom stereocenters. The summed E-state index contributed by atoms with van der Waals surface area (Å²) in [4.78, 5) is 4.83. The zero-order chi connectivity index (χ0) is 17.2. The Hall–Kier alpha value is -2.19. The molecule has 0 amide bonds. The molecule has 25 heavy (non-hydrogen) atoms. The van der Waals surface area contributed by atoms with Gasteiger partial charge in [-0.25, -0.2) is 4.98 Å². The molecule has 130 valence electrons. The fourth-order valence-corrected chi connectivity index (χ4v) is 3.56. The van der Waals surface area contributed by atoms with E-state index < -0.39 is 0 Å². The highest BCUT2D eigenvalue weighted by Gasteiger charge is 2.19. The zero-order valence-electron chi connectivity index (χ0n) is 13.7. The molecule has 0 spiro atoms. The Bertz CT molecular complexity index is 890. The second kappa shape index (κ2) is 6.97. The molecular formula is C17H20BrN6O+. The summed E-state index contributed by atoms with van der Waals surface area (Å²) < 4.78 is 3.76. The van der Waals surface area contributed by atoms with Crippen molar-refractivity contribution in [3.05, 3.63) is 52.5 Å². The number of piperidine rings is 1. The predicted octanol–water partition coefficient (Wildman–Crippen LogP) is 2.10. The maximum atomic E-state index is 9.55. The lowest BCUT2D eigenvalue weighted by atomic mass is 9.94. The molecule has 3 aromatic rings. The van der Waals surface area contributed by atoms with Crippen LogP contribution in [0.2, 0.25) is 0 Å². The maximum Gasteiger partial charge on any atom is 0.227 e. The van der Waals surface area contributed by atoms with Crippen LogP contribution in [-0.4, -0.2) is 32.9 Å². The Morgan fingerprint density at radius 3 is 3.04 bits per heavy atom. The quantitative estimate of drug-likeness (QED) is 0.459. The van der Waals surface area contributed by atoms with Gasteiger partial charge >= 0.3 is 0 Å². The number of halogens is 1. The van der Waals surface area contributed by atoms with Gasteiger partial charge in [-0.2, -0.15) is 9.61 Å². The van der Waals surface area contributed by atoms with Gasteiger partial charge in [-0.15, -0.1) is 0 Å². The second-order valence-electron chi connectivity index (χ2n) is 6.26. The first-order valence-corrected chi connectivity index (χ1v) is 9.18. The highest BCUT2D eigenvalue weighted by atomic mass is 79.9. The van der Waals surface area contributed by atoms with E-state index in [2.05, 4.69) is 37.7 Å². The molecule has 4 heterocycles. The minimum Gasteiger partial charge on any atom is -0.366 e. The van der Waals surface area contributed by atoms with Crippen LogP contribution in [0.4, 0.5) is 5.82 Å². The van der Waals surface area contributed by atoms with Crippen molar-refractivity contribution in [2.45, 2.75) is 25.3 Å². The standard InChI is InChI=1S/C17H20BrN6O/c18-14-10-21-24-16(20-9-12-2-1-7-23(25)11-12)8-15(22-17(14)24)13-3-5-19-6-4-13/h1-2,7-8,10-11,13,19-20,25H,3-6,9H2/q+1. The number of hydrogen-bond acceptors (Lipinski definition) is 5. The van der Waals surface area contributed by atoms with E-state index in [0.717, 1.165) is 57.9 Å². The number of nitrogens with zero attached hydrogens (tertiary/aromatic N) is 4. The van der Waals surface area contributed by atoms with Crippen molar-refractivity contribution >= 4 is 27.4 Å². The normalized spacial score (nSPS) is 15.6. The topological polar surface area (TPSA) is 78.4 Å². The minimum atomic E-state index is 0.463. The second-order valence-corrected chi connectivity index (χ2v) is 7.12. The molecule has 1 fully saturated rings. The fourth-order valence-electron chi connectivity index (χ4n) is 3.22. The van der Waals surface area contributed by atoms with Gasteiger partial charge in [0.05, 0.1) is 10.7 Å². The molecule has 0 saturated carbocycles. The number of fused-ring (bicyclic) bond motifs is 1. The summed E-state index contributed by atoms with van der Waals surface area (Å²) in [6.07, 6.45) is 7.23. The summed E-state index contributed by atoms with van der Waals surface area (Å²) in [5, 5.41) is 20.8. The number of aromatic nitrogens is 4. The smallest absolute Gasteiger partial charge is 0.227 e. The Labute approximate surface area is 153 Å². The Morgan fingerprint density at radius 1 is 1.40 bits per heavy atom. The van der Waals surface area contributed by atoms with E-state index in [1.165, 1.54) is 0 Å². The third-order valence-electron chi connectivity index (χ3n) is 4.53. The third kappa shape index (κ3) is 3.45. The SMILES string of the molecule is O[n+]1cccc(CNc2cc(C3CCNCC3)nc3c(Br)cnn23)c1. The number of anilines is 1. The van der Waals surface area contributed by atoms with E-state index in [1.807, 2.05) is 16.6 Å². The maximum absolute atomic E-state index is 9.55. The summed E-state index contributed by atoms with van der Waals surface area (Å²) >= 11 is 3.54. The first-order valence-electron chi connectivity index (χ1n) is 8.39. The van der Waals surface area contributed by atoms with Crippen LogP contribution in [-0.2, 0) is 6.54 Å². The molecule has 0 atom stereocenters. The fraction of sp³-hybridized carbons (Fsp3) is 0.353. The largest absolute Gasteiger partial charge is 0.366 e. The van der Waals surface area contributed by atoms with Crippen molar-refractivity contribution in [1.29, 1.82) is 0 Å². The minimum absolute atomic E-state index is 0.463. The van der Waals surface area contributed by atoms with Gasteiger partial charge in [-0.1, -0.05) is 0 Å². The number of rotatable bonds is 4. The van der Waals surface area contributed by atoms with Crippen LogP contribution in [0, 0.1) is 0 Å². The molecule has 7 nitrogen and oxygen atoms in total. The monoisotopic (exact) mass is 403 g/mol. The molecule has 1 aliphatic rings. The zero-order valence-corrected chi connectivity index (χ0v) is 15.3. The number of nitrogens with one attached hydrogen (secondary N) is 2. The Morgan fingerprint density at radius 2 is 2.24 bits per heavy atom. The van der Waals surface area contributed by atoms with Crippen LogP contribution >= 0.6 is 15.9 Å². The van der Waals surface area contributed by atoms with Crippen molar-refractivity contribution in [3.63, 3.8) is 0 Å². The van der Waals surface area contributed by atoms with Crippen molar-refractivity contribution in [1.82, 2.24) is 19.9 Å². The van der Waals surface area contributed by atoms with Crippen LogP contribution in [0.25, 0.3) is 5.65 Å². The van der Waals surface area contributed by atoms with Gasteiger partial charge in [0.25, 0.3) is 0 Å².